The van der Waals surface area contributed by atoms with Gasteiger partial charge in [0.25, 0.3) is 0 Å². The molecular formula is C12H18F3N3. The molecule has 0 saturated heterocycles. The second kappa shape index (κ2) is 4.82. The van der Waals surface area contributed by atoms with Gasteiger partial charge in [0.1, 0.15) is 0 Å². The summed E-state index contributed by atoms with van der Waals surface area (Å²) in [6, 6.07) is 0.131. The fourth-order valence-electron chi connectivity index (χ4n) is 2.53. The Labute approximate surface area is 104 Å². The van der Waals surface area contributed by atoms with Crippen molar-refractivity contribution in [2.45, 2.75) is 44.8 Å². The molecule has 0 spiro atoms. The van der Waals surface area contributed by atoms with Crippen molar-refractivity contribution < 1.29 is 13.2 Å². The number of nitrogens with one attached hydrogen (secondary N) is 1. The van der Waals surface area contributed by atoms with Crippen LogP contribution in [0.1, 0.15) is 31.4 Å². The maximum absolute atomic E-state index is 12.5. The summed E-state index contributed by atoms with van der Waals surface area (Å²) in [5, 5.41) is 7.50. The summed E-state index contributed by atoms with van der Waals surface area (Å²) in [5.74, 6) is -1.12. The molecule has 0 amide bonds. The Morgan fingerprint density at radius 2 is 1.89 bits per heavy atom. The molecule has 0 aliphatic heterocycles. The van der Waals surface area contributed by atoms with E-state index in [4.69, 9.17) is 0 Å². The van der Waals surface area contributed by atoms with Crippen LogP contribution in [0.15, 0.2) is 6.20 Å². The topological polar surface area (TPSA) is 29.9 Å². The van der Waals surface area contributed by atoms with Gasteiger partial charge in [0.05, 0.1) is 17.3 Å². The highest BCUT2D eigenvalue weighted by Crippen LogP contribution is 2.38. The molecule has 1 heterocycles. The maximum Gasteiger partial charge on any atom is 0.391 e. The van der Waals surface area contributed by atoms with Crippen LogP contribution in [0, 0.1) is 12.8 Å². The van der Waals surface area contributed by atoms with E-state index in [2.05, 4.69) is 10.4 Å². The molecule has 0 bridgehead atoms. The minimum atomic E-state index is -4.03. The van der Waals surface area contributed by atoms with Gasteiger partial charge < -0.3 is 5.32 Å². The first-order valence-corrected chi connectivity index (χ1v) is 6.19. The average Bonchev–Trinajstić information content (AvgIpc) is 2.57. The number of hydrogen-bond donors (Lipinski definition) is 1. The van der Waals surface area contributed by atoms with E-state index in [9.17, 15) is 13.2 Å². The molecule has 1 fully saturated rings. The number of rotatable bonds is 2. The zero-order valence-electron chi connectivity index (χ0n) is 10.6. The van der Waals surface area contributed by atoms with Crippen molar-refractivity contribution in [3.8, 4) is 0 Å². The first-order valence-electron chi connectivity index (χ1n) is 6.19. The van der Waals surface area contributed by atoms with Gasteiger partial charge in [-0.15, -0.1) is 0 Å². The lowest BCUT2D eigenvalue weighted by Crippen LogP contribution is -2.32. The molecule has 1 aromatic rings. The van der Waals surface area contributed by atoms with Crippen LogP contribution >= 0.6 is 0 Å². The first kappa shape index (κ1) is 13.2. The van der Waals surface area contributed by atoms with E-state index in [1.807, 2.05) is 20.2 Å². The van der Waals surface area contributed by atoms with Crippen molar-refractivity contribution >= 4 is 5.69 Å². The van der Waals surface area contributed by atoms with Gasteiger partial charge in [-0.2, -0.15) is 18.3 Å². The summed E-state index contributed by atoms with van der Waals surface area (Å²) in [6.07, 6.45) is -0.585. The minimum Gasteiger partial charge on any atom is -0.380 e. The lowest BCUT2D eigenvalue weighted by molar-refractivity contribution is -0.182. The summed E-state index contributed by atoms with van der Waals surface area (Å²) in [5.41, 5.74) is 1.81. The van der Waals surface area contributed by atoms with Gasteiger partial charge in [-0.1, -0.05) is 0 Å². The van der Waals surface area contributed by atoms with Gasteiger partial charge in [0.15, 0.2) is 0 Å². The molecule has 0 unspecified atom stereocenters. The second-order valence-corrected chi connectivity index (χ2v) is 5.04. The highest BCUT2D eigenvalue weighted by atomic mass is 19.4. The van der Waals surface area contributed by atoms with Crippen molar-refractivity contribution in [1.29, 1.82) is 0 Å². The van der Waals surface area contributed by atoms with E-state index in [0.717, 1.165) is 11.4 Å². The van der Waals surface area contributed by atoms with Gasteiger partial charge in [0.2, 0.25) is 0 Å². The molecule has 18 heavy (non-hydrogen) atoms. The van der Waals surface area contributed by atoms with E-state index in [-0.39, 0.29) is 18.9 Å². The summed E-state index contributed by atoms with van der Waals surface area (Å²) in [7, 11) is 1.83. The maximum atomic E-state index is 12.5. The van der Waals surface area contributed by atoms with Crippen LogP contribution in [0.25, 0.3) is 0 Å². The molecule has 1 aliphatic rings. The van der Waals surface area contributed by atoms with Crippen LogP contribution in [0.3, 0.4) is 0 Å². The van der Waals surface area contributed by atoms with Crippen molar-refractivity contribution in [2.24, 2.45) is 13.0 Å². The number of anilines is 1. The monoisotopic (exact) mass is 261 g/mol. The molecule has 1 saturated carbocycles. The summed E-state index contributed by atoms with van der Waals surface area (Å²) in [6.45, 7) is 1.89. The molecule has 2 rings (SSSR count). The van der Waals surface area contributed by atoms with Crippen LogP contribution < -0.4 is 5.32 Å². The van der Waals surface area contributed by atoms with Crippen LogP contribution in [-0.2, 0) is 7.05 Å². The fraction of sp³-hybridized carbons (Fsp3) is 0.750. The Morgan fingerprint density at radius 1 is 1.28 bits per heavy atom. The van der Waals surface area contributed by atoms with E-state index < -0.39 is 12.1 Å². The third-order valence-electron chi connectivity index (χ3n) is 3.56. The van der Waals surface area contributed by atoms with E-state index >= 15 is 0 Å². The summed E-state index contributed by atoms with van der Waals surface area (Å²) >= 11 is 0. The Bertz CT molecular complexity index is 403. The number of aryl methyl sites for hydroxylation is 2. The number of aromatic nitrogens is 2. The predicted molar refractivity (Wildman–Crippen MR) is 63.4 cm³/mol. The third kappa shape index (κ3) is 2.97. The quantitative estimate of drug-likeness (QED) is 0.885. The van der Waals surface area contributed by atoms with Gasteiger partial charge in [-0.25, -0.2) is 0 Å². The van der Waals surface area contributed by atoms with Crippen LogP contribution in [0.2, 0.25) is 0 Å². The van der Waals surface area contributed by atoms with E-state index in [1.54, 1.807) is 4.68 Å². The molecule has 6 heteroatoms. The third-order valence-corrected chi connectivity index (χ3v) is 3.56. The molecule has 3 nitrogen and oxygen atoms in total. The zero-order chi connectivity index (χ0) is 13.3. The highest BCUT2D eigenvalue weighted by molar-refractivity contribution is 5.46. The highest BCUT2D eigenvalue weighted by Gasteiger charge is 2.41. The number of hydrogen-bond acceptors (Lipinski definition) is 2. The average molecular weight is 261 g/mol. The van der Waals surface area contributed by atoms with Crippen molar-refractivity contribution in [1.82, 2.24) is 9.78 Å². The molecular weight excluding hydrogens is 243 g/mol. The summed E-state index contributed by atoms with van der Waals surface area (Å²) in [4.78, 5) is 0. The van der Waals surface area contributed by atoms with Gasteiger partial charge in [-0.3, -0.25) is 4.68 Å². The van der Waals surface area contributed by atoms with Gasteiger partial charge in [0, 0.05) is 19.3 Å². The largest absolute Gasteiger partial charge is 0.391 e. The van der Waals surface area contributed by atoms with Gasteiger partial charge >= 0.3 is 6.18 Å². The Hall–Kier alpha value is -1.20. The Kier molecular flexibility index (Phi) is 3.54. The number of nitrogens with zero attached hydrogens (tertiary/aromatic N) is 2. The molecule has 1 aromatic heterocycles. The van der Waals surface area contributed by atoms with Gasteiger partial charge in [-0.05, 0) is 32.6 Å². The standard InChI is InChI=1S/C12H18F3N3/c1-8-11(7-18(2)17-8)16-10-5-3-9(4-6-10)12(13,14)15/h7,9-10,16H,3-6H2,1-2H3. The second-order valence-electron chi connectivity index (χ2n) is 5.04. The van der Waals surface area contributed by atoms with Crippen LogP contribution in [-0.4, -0.2) is 22.0 Å². The van der Waals surface area contributed by atoms with Crippen LogP contribution in [0.5, 0.6) is 0 Å². The minimum absolute atomic E-state index is 0.131. The zero-order valence-corrected chi connectivity index (χ0v) is 10.6. The molecule has 0 radical (unpaired) electrons. The number of alkyl halides is 3. The molecule has 0 atom stereocenters. The fourth-order valence-corrected chi connectivity index (χ4v) is 2.53. The summed E-state index contributed by atoms with van der Waals surface area (Å²) < 4.78 is 39.3. The molecule has 1 N–H and O–H groups in total. The first-order chi connectivity index (χ1) is 8.36. The lowest BCUT2D eigenvalue weighted by atomic mass is 9.85. The molecule has 0 aromatic carbocycles. The SMILES string of the molecule is Cc1nn(C)cc1NC1CCC(C(F)(F)F)CC1. The molecule has 1 aliphatic carbocycles. The van der Waals surface area contributed by atoms with E-state index in [0.29, 0.717) is 12.8 Å². The Balaban J connectivity index is 1.89. The van der Waals surface area contributed by atoms with Crippen LogP contribution in [0.4, 0.5) is 18.9 Å². The van der Waals surface area contributed by atoms with Crippen molar-refractivity contribution in [2.75, 3.05) is 5.32 Å². The number of halogens is 3. The van der Waals surface area contributed by atoms with Crippen molar-refractivity contribution in [3.05, 3.63) is 11.9 Å². The van der Waals surface area contributed by atoms with E-state index in [1.165, 1.54) is 0 Å². The van der Waals surface area contributed by atoms with Crippen molar-refractivity contribution in [3.63, 3.8) is 0 Å². The predicted octanol–water partition coefficient (Wildman–Crippen LogP) is 3.26. The normalized spacial score (nSPS) is 25.2. The lowest BCUT2D eigenvalue weighted by Gasteiger charge is -2.30. The Morgan fingerprint density at radius 3 is 2.33 bits per heavy atom. The smallest absolute Gasteiger partial charge is 0.380 e. The molecule has 102 valence electrons.